The lowest BCUT2D eigenvalue weighted by molar-refractivity contribution is -0.159. The van der Waals surface area contributed by atoms with Crippen molar-refractivity contribution in [3.8, 4) is 0 Å². The number of ether oxygens (including phenoxy) is 1. The van der Waals surface area contributed by atoms with Crippen LogP contribution >= 0.6 is 0 Å². The first-order chi connectivity index (χ1) is 7.19. The maximum Gasteiger partial charge on any atom is 0.311 e. The second-order valence-corrected chi connectivity index (χ2v) is 5.10. The number of carbonyl (C=O) groups excluding carboxylic acids is 1. The Balaban J connectivity index is 4.78. The molecule has 16 heavy (non-hydrogen) atoms. The average molecular weight is 233 g/mol. The van der Waals surface area contributed by atoms with Crippen LogP contribution in [0.5, 0.6) is 0 Å². The van der Waals surface area contributed by atoms with Gasteiger partial charge >= 0.3 is 5.97 Å². The molecule has 0 spiro atoms. The largest absolute Gasteiger partial charge is 0.466 e. The highest BCUT2D eigenvalue weighted by atomic mass is 19.2. The van der Waals surface area contributed by atoms with Gasteiger partial charge in [0.05, 0.1) is 12.0 Å². The Morgan fingerprint density at radius 2 is 1.81 bits per heavy atom. The quantitative estimate of drug-likeness (QED) is 0.522. The Morgan fingerprint density at radius 1 is 1.31 bits per heavy atom. The molecular formula is C12H24FNO2. The van der Waals surface area contributed by atoms with Crippen LogP contribution in [0.3, 0.4) is 0 Å². The molecule has 0 aromatic rings. The summed E-state index contributed by atoms with van der Waals surface area (Å²) in [5.41, 5.74) is -1.29. The summed E-state index contributed by atoms with van der Waals surface area (Å²) in [5.74, 6) is -0.243. The summed E-state index contributed by atoms with van der Waals surface area (Å²) in [6, 6.07) is 0. The van der Waals surface area contributed by atoms with Crippen LogP contribution in [0, 0.1) is 5.41 Å². The van der Waals surface area contributed by atoms with Crippen molar-refractivity contribution in [2.24, 2.45) is 5.41 Å². The first-order valence-electron chi connectivity index (χ1n) is 5.76. The summed E-state index contributed by atoms with van der Waals surface area (Å²) < 4.78 is 18.3. The minimum absolute atomic E-state index is 0.243. The molecule has 0 N–H and O–H groups in total. The van der Waals surface area contributed by atoms with Crippen molar-refractivity contribution in [2.75, 3.05) is 13.7 Å². The fraction of sp³-hybridized carbons (Fsp3) is 0.917. The van der Waals surface area contributed by atoms with E-state index in [9.17, 15) is 9.28 Å². The van der Waals surface area contributed by atoms with Gasteiger partial charge in [0, 0.05) is 12.6 Å². The van der Waals surface area contributed by atoms with Crippen molar-refractivity contribution in [2.45, 2.75) is 53.0 Å². The molecule has 1 atom stereocenters. The van der Waals surface area contributed by atoms with Gasteiger partial charge in [-0.3, -0.25) is 4.79 Å². The third kappa shape index (κ3) is 3.74. The van der Waals surface area contributed by atoms with E-state index in [1.807, 2.05) is 13.8 Å². The van der Waals surface area contributed by atoms with Gasteiger partial charge in [0.15, 0.2) is 0 Å². The van der Waals surface area contributed by atoms with Gasteiger partial charge < -0.3 is 4.74 Å². The standard InChI is InChI=1S/C12H24FNO2/c1-7-12(5,10(15)16-8-2)9-11(3,4)14(6)13/h7-9H2,1-6H3. The summed E-state index contributed by atoms with van der Waals surface area (Å²) >= 11 is 0. The number of hydrogen-bond donors (Lipinski definition) is 0. The molecule has 0 saturated heterocycles. The van der Waals surface area contributed by atoms with Gasteiger partial charge in [-0.25, -0.2) is 0 Å². The minimum atomic E-state index is -0.669. The Kier molecular flexibility index (Phi) is 5.39. The third-order valence-electron chi connectivity index (χ3n) is 3.21. The summed E-state index contributed by atoms with van der Waals surface area (Å²) in [7, 11) is 1.38. The van der Waals surface area contributed by atoms with E-state index in [2.05, 4.69) is 0 Å². The number of nitrogens with zero attached hydrogens (tertiary/aromatic N) is 1. The van der Waals surface area contributed by atoms with Crippen LogP contribution in [-0.2, 0) is 9.53 Å². The number of esters is 1. The Bertz CT molecular complexity index is 241. The Hall–Kier alpha value is -0.640. The SMILES string of the molecule is CCOC(=O)C(C)(CC)CC(C)(C)N(C)F. The zero-order chi connectivity index (χ0) is 13.0. The zero-order valence-corrected chi connectivity index (χ0v) is 11.3. The van der Waals surface area contributed by atoms with Crippen molar-refractivity contribution in [1.29, 1.82) is 0 Å². The summed E-state index contributed by atoms with van der Waals surface area (Å²) in [4.78, 5) is 11.8. The molecule has 1 unspecified atom stereocenters. The van der Waals surface area contributed by atoms with Crippen LogP contribution in [0.25, 0.3) is 0 Å². The second-order valence-electron chi connectivity index (χ2n) is 5.10. The lowest BCUT2D eigenvalue weighted by Crippen LogP contribution is -2.43. The number of hydrogen-bond acceptors (Lipinski definition) is 3. The maximum atomic E-state index is 13.3. The van der Waals surface area contributed by atoms with Crippen molar-refractivity contribution < 1.29 is 14.0 Å². The van der Waals surface area contributed by atoms with Crippen molar-refractivity contribution in [1.82, 2.24) is 5.12 Å². The normalized spacial score (nSPS) is 16.0. The fourth-order valence-electron chi connectivity index (χ4n) is 1.71. The minimum Gasteiger partial charge on any atom is -0.466 e. The molecule has 0 amide bonds. The fourth-order valence-corrected chi connectivity index (χ4v) is 1.71. The molecule has 0 heterocycles. The van der Waals surface area contributed by atoms with E-state index >= 15 is 0 Å². The lowest BCUT2D eigenvalue weighted by Gasteiger charge is -2.36. The van der Waals surface area contributed by atoms with Crippen LogP contribution in [-0.4, -0.2) is 30.3 Å². The van der Waals surface area contributed by atoms with Crippen molar-refractivity contribution in [3.63, 3.8) is 0 Å². The highest BCUT2D eigenvalue weighted by molar-refractivity contribution is 5.76. The Labute approximate surface area is 97.9 Å². The second kappa shape index (κ2) is 5.62. The molecule has 0 rings (SSSR count). The first-order valence-corrected chi connectivity index (χ1v) is 5.76. The van der Waals surface area contributed by atoms with Crippen molar-refractivity contribution >= 4 is 5.97 Å². The topological polar surface area (TPSA) is 29.5 Å². The third-order valence-corrected chi connectivity index (χ3v) is 3.21. The van der Waals surface area contributed by atoms with Crippen LogP contribution < -0.4 is 0 Å². The van der Waals surface area contributed by atoms with E-state index in [4.69, 9.17) is 4.74 Å². The highest BCUT2D eigenvalue weighted by Crippen LogP contribution is 2.35. The lowest BCUT2D eigenvalue weighted by atomic mass is 9.76. The van der Waals surface area contributed by atoms with Gasteiger partial charge in [-0.2, -0.15) is 0 Å². The summed E-state index contributed by atoms with van der Waals surface area (Å²) in [5, 5.41) is 0.653. The molecule has 3 nitrogen and oxygen atoms in total. The molecule has 0 aromatic heterocycles. The summed E-state index contributed by atoms with van der Waals surface area (Å²) in [6.45, 7) is 9.45. The van der Waals surface area contributed by atoms with E-state index < -0.39 is 11.0 Å². The average Bonchev–Trinajstić information content (AvgIpc) is 2.17. The number of halogens is 1. The van der Waals surface area contributed by atoms with E-state index in [-0.39, 0.29) is 5.97 Å². The van der Waals surface area contributed by atoms with E-state index in [1.54, 1.807) is 20.8 Å². The zero-order valence-electron chi connectivity index (χ0n) is 11.3. The predicted molar refractivity (Wildman–Crippen MR) is 62.6 cm³/mol. The predicted octanol–water partition coefficient (Wildman–Crippen LogP) is 2.95. The van der Waals surface area contributed by atoms with Gasteiger partial charge in [-0.05, 0) is 40.5 Å². The van der Waals surface area contributed by atoms with Crippen LogP contribution in [0.4, 0.5) is 4.48 Å². The van der Waals surface area contributed by atoms with E-state index in [1.165, 1.54) is 7.05 Å². The molecule has 0 aromatic carbocycles. The van der Waals surface area contributed by atoms with Gasteiger partial charge in [0.1, 0.15) is 0 Å². The van der Waals surface area contributed by atoms with Gasteiger partial charge in [-0.1, -0.05) is 6.92 Å². The van der Waals surface area contributed by atoms with Crippen LogP contribution in [0.15, 0.2) is 0 Å². The molecular weight excluding hydrogens is 209 g/mol. The molecule has 96 valence electrons. The van der Waals surface area contributed by atoms with Crippen LogP contribution in [0.2, 0.25) is 0 Å². The first kappa shape index (κ1) is 15.4. The molecule has 0 aliphatic heterocycles. The molecule has 0 fully saturated rings. The van der Waals surface area contributed by atoms with Gasteiger partial charge in [-0.15, -0.1) is 9.60 Å². The molecule has 0 radical (unpaired) electrons. The molecule has 0 aliphatic carbocycles. The van der Waals surface area contributed by atoms with Gasteiger partial charge in [0.2, 0.25) is 0 Å². The van der Waals surface area contributed by atoms with Crippen molar-refractivity contribution in [3.05, 3.63) is 0 Å². The molecule has 0 aliphatic rings. The Morgan fingerprint density at radius 3 is 2.12 bits per heavy atom. The smallest absolute Gasteiger partial charge is 0.311 e. The van der Waals surface area contributed by atoms with Crippen LogP contribution in [0.1, 0.15) is 47.5 Å². The van der Waals surface area contributed by atoms with Gasteiger partial charge in [0.25, 0.3) is 0 Å². The highest BCUT2D eigenvalue weighted by Gasteiger charge is 2.40. The number of rotatable bonds is 6. The van der Waals surface area contributed by atoms with E-state index in [0.29, 0.717) is 24.6 Å². The van der Waals surface area contributed by atoms with E-state index in [0.717, 1.165) is 0 Å². The molecule has 0 bridgehead atoms. The molecule has 4 heteroatoms. The maximum absolute atomic E-state index is 13.3. The monoisotopic (exact) mass is 233 g/mol. The number of carbonyl (C=O) groups is 1. The molecule has 0 saturated carbocycles. The summed E-state index contributed by atoms with van der Waals surface area (Å²) in [6.07, 6.45) is 1.07.